The van der Waals surface area contributed by atoms with Crippen molar-refractivity contribution in [3.63, 3.8) is 0 Å². The van der Waals surface area contributed by atoms with Gasteiger partial charge in [0.1, 0.15) is 6.10 Å². The van der Waals surface area contributed by atoms with E-state index in [4.69, 9.17) is 4.74 Å². The number of allylic oxidation sites excluding steroid dienone is 1. The van der Waals surface area contributed by atoms with E-state index in [0.717, 1.165) is 83.0 Å². The Morgan fingerprint density at radius 2 is 1.57 bits per heavy atom. The first-order valence-electron chi connectivity index (χ1n) is 21.9. The molecule has 56 heavy (non-hydrogen) atoms. The third-order valence-electron chi connectivity index (χ3n) is 18.0. The molecule has 0 radical (unpaired) electrons. The van der Waals surface area contributed by atoms with E-state index in [1.807, 2.05) is 0 Å². The Morgan fingerprint density at radius 3 is 2.21 bits per heavy atom. The molecule has 0 saturated heterocycles. The van der Waals surface area contributed by atoms with Crippen molar-refractivity contribution in [1.82, 2.24) is 9.80 Å². The van der Waals surface area contributed by atoms with Crippen LogP contribution in [0.5, 0.6) is 0 Å². The molecule has 5 saturated carbocycles. The van der Waals surface area contributed by atoms with Gasteiger partial charge in [0.2, 0.25) is 0 Å². The van der Waals surface area contributed by atoms with Gasteiger partial charge in [-0.1, -0.05) is 77.4 Å². The summed E-state index contributed by atoms with van der Waals surface area (Å²) in [5.41, 5.74) is 2.08. The molecule has 0 aromatic heterocycles. The molecule has 6 aliphatic carbocycles. The molecule has 3 unspecified atom stereocenters. The molecular weight excluding hydrogens is 701 g/mol. The number of benzene rings is 1. The summed E-state index contributed by atoms with van der Waals surface area (Å²) in [5.74, 6) is -0.216. The minimum atomic E-state index is -1.15. The highest BCUT2D eigenvalue weighted by Gasteiger charge is 2.82. The van der Waals surface area contributed by atoms with Crippen LogP contribution in [0.25, 0.3) is 0 Å². The normalized spacial score (nSPS) is 39.5. The first-order chi connectivity index (χ1) is 26.1. The number of carbonyl (C=O) groups excluding carboxylic acids is 2. The number of hydrogen-bond acceptors (Lipinski definition) is 7. The first kappa shape index (κ1) is 41.6. The molecule has 0 heterocycles. The van der Waals surface area contributed by atoms with E-state index in [1.54, 1.807) is 13.8 Å². The number of esters is 1. The molecular formula is C48H72N2O6. The topological polar surface area (TPSA) is 107 Å². The van der Waals surface area contributed by atoms with Crippen LogP contribution in [0, 0.1) is 55.7 Å². The van der Waals surface area contributed by atoms with E-state index in [2.05, 4.69) is 95.8 Å². The number of carboxylic acids is 1. The number of aliphatic carboxylic acids is 1. The fourth-order valence-corrected chi connectivity index (χ4v) is 14.6. The fourth-order valence-electron chi connectivity index (χ4n) is 14.6. The summed E-state index contributed by atoms with van der Waals surface area (Å²) < 4.78 is 6.23. The van der Waals surface area contributed by atoms with Crippen LogP contribution >= 0.6 is 0 Å². The predicted octanol–water partition coefficient (Wildman–Crippen LogP) is 8.56. The van der Waals surface area contributed by atoms with Gasteiger partial charge in [-0.2, -0.15) is 0 Å². The van der Waals surface area contributed by atoms with Crippen LogP contribution in [0.1, 0.15) is 132 Å². The van der Waals surface area contributed by atoms with Crippen LogP contribution in [0.2, 0.25) is 0 Å². The molecule has 1 spiro atoms. The zero-order valence-electron chi connectivity index (χ0n) is 36.3. The number of ether oxygens (including phenoxy) is 1. The minimum absolute atomic E-state index is 0.00445. The SMILES string of the molecule is CC(C)C1=C2[C@H]3CC[C@@H]4[C@@]5(C)CC[C@H](OC(=O)CC(C)(C)C(=O)O)C6(C)C[C@]65CC[C@@]4(C)[C@]3(C)CCC2(C(O)CN(CCN(C)C)Cc2ccccc2)CC1=O. The zero-order chi connectivity index (χ0) is 40.9. The van der Waals surface area contributed by atoms with Gasteiger partial charge in [-0.25, -0.2) is 0 Å². The van der Waals surface area contributed by atoms with Crippen LogP contribution in [0.4, 0.5) is 0 Å². The van der Waals surface area contributed by atoms with Crippen molar-refractivity contribution in [2.75, 3.05) is 33.7 Å². The van der Waals surface area contributed by atoms with Crippen molar-refractivity contribution in [1.29, 1.82) is 0 Å². The van der Waals surface area contributed by atoms with Crippen molar-refractivity contribution in [2.45, 2.75) is 145 Å². The second-order valence-electron chi connectivity index (χ2n) is 21.8. The number of carboxylic acid groups (broad SMARTS) is 1. The van der Waals surface area contributed by atoms with Crippen molar-refractivity contribution >= 4 is 17.7 Å². The van der Waals surface area contributed by atoms with Crippen molar-refractivity contribution in [2.24, 2.45) is 55.7 Å². The maximum atomic E-state index is 14.3. The van der Waals surface area contributed by atoms with Gasteiger partial charge in [0.15, 0.2) is 5.78 Å². The van der Waals surface area contributed by atoms with E-state index in [1.165, 1.54) is 11.1 Å². The molecule has 0 amide bonds. The second-order valence-corrected chi connectivity index (χ2v) is 21.8. The van der Waals surface area contributed by atoms with Crippen molar-refractivity contribution in [3.05, 3.63) is 47.0 Å². The molecule has 6 aliphatic rings. The minimum Gasteiger partial charge on any atom is -0.481 e. The quantitative estimate of drug-likeness (QED) is 0.192. The number of carbonyl (C=O) groups is 3. The van der Waals surface area contributed by atoms with Gasteiger partial charge >= 0.3 is 11.9 Å². The lowest BCUT2D eigenvalue weighted by molar-refractivity contribution is -0.221. The van der Waals surface area contributed by atoms with Gasteiger partial charge < -0.3 is 19.8 Å². The van der Waals surface area contributed by atoms with E-state index in [9.17, 15) is 24.6 Å². The van der Waals surface area contributed by atoms with E-state index < -0.39 is 28.9 Å². The molecule has 8 nitrogen and oxygen atoms in total. The second kappa shape index (κ2) is 14.0. The van der Waals surface area contributed by atoms with Crippen molar-refractivity contribution in [3.8, 4) is 0 Å². The molecule has 5 fully saturated rings. The summed E-state index contributed by atoms with van der Waals surface area (Å²) in [6, 6.07) is 10.6. The lowest BCUT2D eigenvalue weighted by Gasteiger charge is -2.71. The zero-order valence-corrected chi connectivity index (χ0v) is 36.3. The molecule has 8 heteroatoms. The summed E-state index contributed by atoms with van der Waals surface area (Å²) in [5, 5.41) is 22.3. The Bertz CT molecular complexity index is 1750. The van der Waals surface area contributed by atoms with E-state index in [0.29, 0.717) is 18.9 Å². The Labute approximate surface area is 337 Å². The van der Waals surface area contributed by atoms with E-state index >= 15 is 0 Å². The largest absolute Gasteiger partial charge is 0.481 e. The van der Waals surface area contributed by atoms with Gasteiger partial charge in [-0.3, -0.25) is 19.3 Å². The van der Waals surface area contributed by atoms with Crippen molar-refractivity contribution < 1.29 is 29.3 Å². The van der Waals surface area contributed by atoms with Crippen LogP contribution in [0.15, 0.2) is 41.5 Å². The van der Waals surface area contributed by atoms with Crippen LogP contribution in [-0.4, -0.2) is 83.7 Å². The maximum absolute atomic E-state index is 14.3. The summed E-state index contributed by atoms with van der Waals surface area (Å²) in [6.07, 6.45) is 8.63. The number of Topliss-reactive ketones (excluding diaryl/α,β-unsaturated/α-hetero) is 1. The summed E-state index contributed by atoms with van der Waals surface area (Å²) in [7, 11) is 4.20. The molecule has 1 aromatic carbocycles. The maximum Gasteiger partial charge on any atom is 0.309 e. The smallest absolute Gasteiger partial charge is 0.309 e. The number of nitrogens with zero attached hydrogens (tertiary/aromatic N) is 2. The van der Waals surface area contributed by atoms with Crippen LogP contribution in [0.3, 0.4) is 0 Å². The number of hydrogen-bond donors (Lipinski definition) is 2. The molecule has 10 atom stereocenters. The molecule has 0 aliphatic heterocycles. The molecule has 1 aromatic rings. The first-order valence-corrected chi connectivity index (χ1v) is 21.9. The Hall–Kier alpha value is -2.55. The predicted molar refractivity (Wildman–Crippen MR) is 220 cm³/mol. The highest BCUT2D eigenvalue weighted by atomic mass is 16.5. The number of fused-ring (bicyclic) bond motifs is 6. The highest BCUT2D eigenvalue weighted by Crippen LogP contribution is 2.87. The third-order valence-corrected chi connectivity index (χ3v) is 18.0. The highest BCUT2D eigenvalue weighted by molar-refractivity contribution is 6.00. The summed E-state index contributed by atoms with van der Waals surface area (Å²) in [4.78, 5) is 43.9. The molecule has 0 bridgehead atoms. The average molecular weight is 773 g/mol. The van der Waals surface area contributed by atoms with Crippen LogP contribution in [-0.2, 0) is 25.7 Å². The standard InChI is InChI=1S/C48H72N2O6/c1-31(2)39-34(51)26-47(36(52)29-50(25-24-49(9)10)28-32-14-12-11-13-15-32)22-20-43(5)33(40(39)47)16-17-35-44(43,6)21-23-48-30-46(48,8)37(18-19-45(35,48)7)56-38(53)27-42(3,4)41(54)55/h11-15,31,33,35-37,52H,16-30H2,1-10H3,(H,54,55)/t33-,35+,36?,37+,43-,44-,45-,46?,47?,48+/m1/s1. The Kier molecular flexibility index (Phi) is 10.4. The number of ketones is 1. The number of aliphatic hydroxyl groups excluding tert-OH is 1. The van der Waals surface area contributed by atoms with Crippen LogP contribution < -0.4 is 0 Å². The van der Waals surface area contributed by atoms with Gasteiger partial charge in [-0.05, 0) is 136 Å². The summed E-state index contributed by atoms with van der Waals surface area (Å²) in [6.45, 7) is 20.7. The van der Waals surface area contributed by atoms with Gasteiger partial charge in [0.05, 0.1) is 17.9 Å². The van der Waals surface area contributed by atoms with Gasteiger partial charge in [-0.15, -0.1) is 0 Å². The van der Waals surface area contributed by atoms with Gasteiger partial charge in [0.25, 0.3) is 0 Å². The lowest BCUT2D eigenvalue weighted by Crippen LogP contribution is -2.65. The fraction of sp³-hybridized carbons (Fsp3) is 0.771. The Morgan fingerprint density at radius 1 is 0.893 bits per heavy atom. The monoisotopic (exact) mass is 773 g/mol. The summed E-state index contributed by atoms with van der Waals surface area (Å²) >= 11 is 0. The number of aliphatic hydroxyl groups is 1. The molecule has 2 N–H and O–H groups in total. The molecule has 310 valence electrons. The van der Waals surface area contributed by atoms with E-state index in [-0.39, 0.29) is 57.2 Å². The number of rotatable bonds is 13. The average Bonchev–Trinajstić information content (AvgIpc) is 3.64. The third kappa shape index (κ3) is 6.11. The lowest BCUT2D eigenvalue weighted by atomic mass is 9.33. The molecule has 7 rings (SSSR count). The van der Waals surface area contributed by atoms with Gasteiger partial charge in [0, 0.05) is 43.4 Å². The number of likely N-dealkylation sites (N-methyl/N-ethyl adjacent to an activating group) is 1. The Balaban J connectivity index is 1.17.